The Bertz CT molecular complexity index is 1090. The normalized spacial score (nSPS) is 24.4. The molecule has 3 heterocycles. The molecule has 1 aromatic carbocycles. The number of hydrogen-bond acceptors (Lipinski definition) is 6. The molecule has 11 heteroatoms. The third-order valence-corrected chi connectivity index (χ3v) is 5.30. The van der Waals surface area contributed by atoms with Crippen LogP contribution in [-0.2, 0) is 10.3 Å². The second-order valence-electron chi connectivity index (χ2n) is 7.40. The molecule has 164 valence electrons. The average molecular weight is 457 g/mol. The zero-order valence-corrected chi connectivity index (χ0v) is 16.8. The van der Waals surface area contributed by atoms with Crippen molar-refractivity contribution in [1.29, 1.82) is 0 Å². The summed E-state index contributed by atoms with van der Waals surface area (Å²) in [6.07, 6.45) is -7.29. The summed E-state index contributed by atoms with van der Waals surface area (Å²) in [5, 5.41) is 7.13. The van der Waals surface area contributed by atoms with Crippen molar-refractivity contribution in [2.75, 3.05) is 0 Å². The van der Waals surface area contributed by atoms with Gasteiger partial charge in [0.05, 0.1) is 10.7 Å². The quantitative estimate of drug-likeness (QED) is 0.560. The van der Waals surface area contributed by atoms with E-state index < -0.39 is 36.4 Å². The zero-order chi connectivity index (χ0) is 22.4. The van der Waals surface area contributed by atoms with Gasteiger partial charge in [-0.2, -0.15) is 13.2 Å². The monoisotopic (exact) mass is 456 g/mol. The topological polar surface area (TPSA) is 86.2 Å². The highest BCUT2D eigenvalue weighted by Crippen LogP contribution is 2.40. The standard InChI is InChI=1S/C20H17ClF4N4O2/c1-19(8-17(20(23,24)25)30-18(26)28-19)12-6-10(2-4-13(12)22)16-7-15(29-31-16)14-5-3-11(21)9-27-14/h2-7,9,17-18,28H,8,26H2,1H3/t17-,18?,19-/m0/s1. The van der Waals surface area contributed by atoms with Crippen molar-refractivity contribution in [3.8, 4) is 22.7 Å². The predicted octanol–water partition coefficient (Wildman–Crippen LogP) is 4.59. The number of halogens is 5. The number of ether oxygens (including phenoxy) is 1. The molecule has 31 heavy (non-hydrogen) atoms. The molecule has 3 aromatic rings. The summed E-state index contributed by atoms with van der Waals surface area (Å²) < 4.78 is 64.6. The van der Waals surface area contributed by atoms with Crippen LogP contribution in [0.5, 0.6) is 0 Å². The maximum absolute atomic E-state index is 14.7. The van der Waals surface area contributed by atoms with Crippen LogP contribution in [0.1, 0.15) is 18.9 Å². The molecule has 3 atom stereocenters. The third-order valence-electron chi connectivity index (χ3n) is 5.08. The number of aromatic nitrogens is 2. The highest BCUT2D eigenvalue weighted by atomic mass is 35.5. The number of hydrogen-bond donors (Lipinski definition) is 2. The van der Waals surface area contributed by atoms with E-state index in [2.05, 4.69) is 15.5 Å². The van der Waals surface area contributed by atoms with Gasteiger partial charge in [-0.3, -0.25) is 16.0 Å². The van der Waals surface area contributed by atoms with Gasteiger partial charge in [0.25, 0.3) is 0 Å². The molecule has 0 spiro atoms. The minimum Gasteiger partial charge on any atom is -0.356 e. The molecule has 1 fully saturated rings. The first-order valence-corrected chi connectivity index (χ1v) is 9.57. The molecule has 1 unspecified atom stereocenters. The SMILES string of the molecule is C[C@@]1(c2cc(-c3cc(-c4ccc(Cl)cn4)no3)ccc2F)C[C@@H](C(F)(F)F)OC(N)N1. The second-order valence-corrected chi connectivity index (χ2v) is 7.84. The van der Waals surface area contributed by atoms with Crippen LogP contribution >= 0.6 is 11.6 Å². The Hall–Kier alpha value is -2.53. The van der Waals surface area contributed by atoms with Gasteiger partial charge in [-0.1, -0.05) is 16.8 Å². The Morgan fingerprint density at radius 1 is 1.19 bits per heavy atom. The maximum atomic E-state index is 14.7. The van der Waals surface area contributed by atoms with Gasteiger partial charge in [-0.15, -0.1) is 0 Å². The van der Waals surface area contributed by atoms with E-state index in [1.165, 1.54) is 25.3 Å². The molecule has 0 bridgehead atoms. The van der Waals surface area contributed by atoms with Crippen LogP contribution in [0.25, 0.3) is 22.7 Å². The highest BCUT2D eigenvalue weighted by molar-refractivity contribution is 6.30. The van der Waals surface area contributed by atoms with E-state index in [0.29, 0.717) is 27.7 Å². The van der Waals surface area contributed by atoms with Gasteiger partial charge in [0.2, 0.25) is 0 Å². The van der Waals surface area contributed by atoms with Crippen LogP contribution < -0.4 is 11.1 Å². The largest absolute Gasteiger partial charge is 0.414 e. The number of nitrogens with two attached hydrogens (primary N) is 1. The Morgan fingerprint density at radius 2 is 1.97 bits per heavy atom. The van der Waals surface area contributed by atoms with Crippen molar-refractivity contribution in [2.45, 2.75) is 37.5 Å². The van der Waals surface area contributed by atoms with Crippen molar-refractivity contribution < 1.29 is 26.8 Å². The Morgan fingerprint density at radius 3 is 2.65 bits per heavy atom. The molecule has 1 aliphatic rings. The summed E-state index contributed by atoms with van der Waals surface area (Å²) in [6.45, 7) is 1.44. The van der Waals surface area contributed by atoms with Crippen LogP contribution in [0, 0.1) is 5.82 Å². The molecule has 1 saturated heterocycles. The van der Waals surface area contributed by atoms with E-state index in [9.17, 15) is 17.6 Å². The zero-order valence-electron chi connectivity index (χ0n) is 16.1. The summed E-state index contributed by atoms with van der Waals surface area (Å²) in [6, 6.07) is 8.91. The first-order chi connectivity index (χ1) is 14.5. The summed E-state index contributed by atoms with van der Waals surface area (Å²) in [5.41, 5.74) is 5.54. The van der Waals surface area contributed by atoms with Gasteiger partial charge < -0.3 is 9.26 Å². The number of alkyl halides is 3. The predicted molar refractivity (Wildman–Crippen MR) is 104 cm³/mol. The van der Waals surface area contributed by atoms with Gasteiger partial charge in [0.15, 0.2) is 18.2 Å². The number of pyridine rings is 1. The summed E-state index contributed by atoms with van der Waals surface area (Å²) >= 11 is 5.83. The van der Waals surface area contributed by atoms with E-state index in [0.717, 1.165) is 6.07 Å². The molecule has 0 radical (unpaired) electrons. The van der Waals surface area contributed by atoms with Crippen LogP contribution in [0.3, 0.4) is 0 Å². The lowest BCUT2D eigenvalue weighted by molar-refractivity contribution is -0.260. The first kappa shape index (κ1) is 21.7. The third kappa shape index (κ3) is 4.42. The molecule has 6 nitrogen and oxygen atoms in total. The minimum atomic E-state index is -4.64. The highest BCUT2D eigenvalue weighted by Gasteiger charge is 2.50. The van der Waals surface area contributed by atoms with Gasteiger partial charge in [-0.05, 0) is 37.3 Å². The summed E-state index contributed by atoms with van der Waals surface area (Å²) in [7, 11) is 0. The fourth-order valence-electron chi connectivity index (χ4n) is 3.54. The number of nitrogens with zero attached hydrogens (tertiary/aromatic N) is 2. The molecule has 0 aliphatic carbocycles. The van der Waals surface area contributed by atoms with Gasteiger partial charge in [-0.25, -0.2) is 4.39 Å². The van der Waals surface area contributed by atoms with Crippen LogP contribution in [0.15, 0.2) is 47.1 Å². The maximum Gasteiger partial charge on any atom is 0.414 e. The van der Waals surface area contributed by atoms with E-state index in [1.807, 2.05) is 0 Å². The Balaban J connectivity index is 1.68. The van der Waals surface area contributed by atoms with E-state index in [4.69, 9.17) is 26.6 Å². The smallest absolute Gasteiger partial charge is 0.356 e. The lowest BCUT2D eigenvalue weighted by atomic mass is 9.83. The molecule has 2 aromatic heterocycles. The lowest BCUT2D eigenvalue weighted by Gasteiger charge is -2.43. The number of rotatable bonds is 3. The molecule has 4 rings (SSSR count). The van der Waals surface area contributed by atoms with Crippen molar-refractivity contribution >= 4 is 11.6 Å². The van der Waals surface area contributed by atoms with E-state index in [1.54, 1.807) is 18.2 Å². The van der Waals surface area contributed by atoms with E-state index in [-0.39, 0.29) is 5.56 Å². The van der Waals surface area contributed by atoms with Crippen molar-refractivity contribution in [3.63, 3.8) is 0 Å². The molecular weight excluding hydrogens is 440 g/mol. The van der Waals surface area contributed by atoms with Crippen molar-refractivity contribution in [2.24, 2.45) is 5.73 Å². The minimum absolute atomic E-state index is 0.000526. The molecule has 0 amide bonds. The number of benzene rings is 1. The van der Waals surface area contributed by atoms with Crippen LogP contribution in [0.2, 0.25) is 5.02 Å². The fraction of sp³-hybridized carbons (Fsp3) is 0.300. The van der Waals surface area contributed by atoms with Crippen molar-refractivity contribution in [3.05, 3.63) is 59.0 Å². The summed E-state index contributed by atoms with van der Waals surface area (Å²) in [4.78, 5) is 4.15. The number of nitrogens with one attached hydrogen (secondary N) is 1. The first-order valence-electron chi connectivity index (χ1n) is 9.20. The van der Waals surface area contributed by atoms with Gasteiger partial charge in [0.1, 0.15) is 11.5 Å². The molecule has 3 N–H and O–H groups in total. The van der Waals surface area contributed by atoms with Gasteiger partial charge in [0, 0.05) is 35.3 Å². The molecular formula is C20H17ClF4N4O2. The lowest BCUT2D eigenvalue weighted by Crippen LogP contribution is -2.61. The van der Waals surface area contributed by atoms with Crippen molar-refractivity contribution in [1.82, 2.24) is 15.5 Å². The second kappa shape index (κ2) is 7.86. The van der Waals surface area contributed by atoms with E-state index >= 15 is 0 Å². The fourth-order valence-corrected chi connectivity index (χ4v) is 3.66. The Labute approximate surface area is 179 Å². The van der Waals surface area contributed by atoms with Crippen LogP contribution in [-0.4, -0.2) is 28.8 Å². The molecule has 1 aliphatic heterocycles. The van der Waals surface area contributed by atoms with Crippen LogP contribution in [0.4, 0.5) is 17.6 Å². The van der Waals surface area contributed by atoms with Gasteiger partial charge >= 0.3 is 6.18 Å². The summed E-state index contributed by atoms with van der Waals surface area (Å²) in [5.74, 6) is -0.395. The molecule has 0 saturated carbocycles. The Kier molecular flexibility index (Phi) is 5.50. The average Bonchev–Trinajstić information content (AvgIpc) is 3.17.